The van der Waals surface area contributed by atoms with Gasteiger partial charge in [0.1, 0.15) is 0 Å². The highest BCUT2D eigenvalue weighted by Crippen LogP contribution is 2.11. The van der Waals surface area contributed by atoms with Crippen molar-refractivity contribution in [3.8, 4) is 0 Å². The van der Waals surface area contributed by atoms with E-state index < -0.39 is 10.0 Å². The van der Waals surface area contributed by atoms with Crippen LogP contribution < -0.4 is 10.5 Å². The summed E-state index contributed by atoms with van der Waals surface area (Å²) in [5.74, 6) is 0.238. The highest BCUT2D eigenvalue weighted by atomic mass is 35.5. The van der Waals surface area contributed by atoms with Gasteiger partial charge in [0.15, 0.2) is 0 Å². The third kappa shape index (κ3) is 2.87. The highest BCUT2D eigenvalue weighted by molar-refractivity contribution is 7.89. The number of nitrogen functional groups attached to an aromatic ring is 1. The predicted molar refractivity (Wildman–Crippen MR) is 56.8 cm³/mol. The van der Waals surface area contributed by atoms with Crippen molar-refractivity contribution < 1.29 is 8.42 Å². The lowest BCUT2D eigenvalue weighted by Gasteiger charge is -2.05. The van der Waals surface area contributed by atoms with Gasteiger partial charge in [-0.3, -0.25) is 0 Å². The van der Waals surface area contributed by atoms with Gasteiger partial charge >= 0.3 is 0 Å². The van der Waals surface area contributed by atoms with Gasteiger partial charge in [0.05, 0.1) is 4.90 Å². The molecule has 1 rings (SSSR count). The molecule has 0 saturated heterocycles. The molecule has 0 aromatic heterocycles. The zero-order chi connectivity index (χ0) is 10.6. The summed E-state index contributed by atoms with van der Waals surface area (Å²) in [5.41, 5.74) is 5.88. The molecule has 1 aromatic rings. The van der Waals surface area contributed by atoms with Crippen molar-refractivity contribution in [3.63, 3.8) is 0 Å². The molecule has 0 fully saturated rings. The van der Waals surface area contributed by atoms with Gasteiger partial charge in [0.25, 0.3) is 0 Å². The molecule has 78 valence electrons. The van der Waals surface area contributed by atoms with E-state index in [1.165, 1.54) is 12.1 Å². The third-order valence-corrected chi connectivity index (χ3v) is 3.20. The average Bonchev–Trinajstić information content (AvgIpc) is 2.15. The monoisotopic (exact) mass is 234 g/mol. The van der Waals surface area contributed by atoms with Crippen molar-refractivity contribution >= 4 is 27.3 Å². The average molecular weight is 235 g/mol. The molecule has 3 N–H and O–H groups in total. The van der Waals surface area contributed by atoms with E-state index in [0.29, 0.717) is 5.69 Å². The normalized spacial score (nSPS) is 11.5. The van der Waals surface area contributed by atoms with E-state index >= 15 is 0 Å². The minimum atomic E-state index is -3.46. The summed E-state index contributed by atoms with van der Waals surface area (Å²) >= 11 is 5.37. The summed E-state index contributed by atoms with van der Waals surface area (Å²) in [7, 11) is -3.46. The smallest absolute Gasteiger partial charge is 0.240 e. The first-order valence-corrected chi connectivity index (χ1v) is 5.99. The van der Waals surface area contributed by atoms with Crippen LogP contribution in [0.15, 0.2) is 29.2 Å². The minimum absolute atomic E-state index is 0.155. The number of nitrogens with one attached hydrogen (secondary N) is 1. The van der Waals surface area contributed by atoms with Gasteiger partial charge in [-0.1, -0.05) is 6.07 Å². The number of rotatable bonds is 4. The van der Waals surface area contributed by atoms with Gasteiger partial charge in [-0.05, 0) is 18.2 Å². The molecule has 1 aromatic carbocycles. The molecule has 0 aliphatic carbocycles. The van der Waals surface area contributed by atoms with Crippen LogP contribution in [-0.2, 0) is 10.0 Å². The molecule has 0 amide bonds. The van der Waals surface area contributed by atoms with E-state index in [1.54, 1.807) is 12.1 Å². The van der Waals surface area contributed by atoms with Gasteiger partial charge in [0.2, 0.25) is 10.0 Å². The molecular formula is C8H11ClN2O2S. The maximum Gasteiger partial charge on any atom is 0.240 e. The van der Waals surface area contributed by atoms with Crippen molar-refractivity contribution in [1.29, 1.82) is 0 Å². The first-order valence-electron chi connectivity index (χ1n) is 3.97. The van der Waals surface area contributed by atoms with Crippen molar-refractivity contribution in [3.05, 3.63) is 24.3 Å². The fourth-order valence-corrected chi connectivity index (χ4v) is 2.23. The number of hydrogen-bond donors (Lipinski definition) is 2. The van der Waals surface area contributed by atoms with Crippen LogP contribution in [-0.4, -0.2) is 20.8 Å². The Morgan fingerprint density at radius 1 is 1.43 bits per heavy atom. The Bertz CT molecular complexity index is 406. The molecular weight excluding hydrogens is 224 g/mol. The largest absolute Gasteiger partial charge is 0.399 e. The van der Waals surface area contributed by atoms with E-state index in [4.69, 9.17) is 17.3 Å². The van der Waals surface area contributed by atoms with Crippen LogP contribution in [0.1, 0.15) is 0 Å². The van der Waals surface area contributed by atoms with Crippen LogP contribution >= 0.6 is 11.6 Å². The first kappa shape index (κ1) is 11.3. The number of benzene rings is 1. The molecule has 0 aliphatic heterocycles. The zero-order valence-electron chi connectivity index (χ0n) is 7.40. The lowest BCUT2D eigenvalue weighted by atomic mass is 10.3. The second kappa shape index (κ2) is 4.63. The quantitative estimate of drug-likeness (QED) is 0.598. The Labute approximate surface area is 88.1 Å². The van der Waals surface area contributed by atoms with Crippen LogP contribution in [0.5, 0.6) is 0 Å². The Morgan fingerprint density at radius 3 is 2.71 bits per heavy atom. The second-order valence-electron chi connectivity index (χ2n) is 2.66. The van der Waals surface area contributed by atoms with Crippen molar-refractivity contribution in [2.24, 2.45) is 0 Å². The van der Waals surface area contributed by atoms with Crippen molar-refractivity contribution in [2.45, 2.75) is 4.90 Å². The maximum atomic E-state index is 11.5. The van der Waals surface area contributed by atoms with E-state index in [2.05, 4.69) is 4.72 Å². The number of anilines is 1. The number of hydrogen-bond acceptors (Lipinski definition) is 3. The second-order valence-corrected chi connectivity index (χ2v) is 4.80. The molecule has 0 heterocycles. The fraction of sp³-hybridized carbons (Fsp3) is 0.250. The van der Waals surface area contributed by atoms with Crippen LogP contribution in [0.25, 0.3) is 0 Å². The van der Waals surface area contributed by atoms with Gasteiger partial charge < -0.3 is 5.73 Å². The minimum Gasteiger partial charge on any atom is -0.399 e. The molecule has 0 aliphatic rings. The topological polar surface area (TPSA) is 72.2 Å². The van der Waals surface area contributed by atoms with E-state index in [9.17, 15) is 8.42 Å². The molecule has 0 bridgehead atoms. The number of halogens is 1. The molecule has 0 atom stereocenters. The number of nitrogens with two attached hydrogens (primary N) is 1. The summed E-state index contributed by atoms with van der Waals surface area (Å²) in [6.07, 6.45) is 0. The van der Waals surface area contributed by atoms with Gasteiger partial charge in [0, 0.05) is 18.1 Å². The van der Waals surface area contributed by atoms with Crippen LogP contribution in [0.3, 0.4) is 0 Å². The van der Waals surface area contributed by atoms with Gasteiger partial charge in [-0.2, -0.15) is 0 Å². The molecule has 0 saturated carbocycles. The predicted octanol–water partition coefficient (Wildman–Crippen LogP) is 0.786. The van der Waals surface area contributed by atoms with E-state index in [0.717, 1.165) is 0 Å². The summed E-state index contributed by atoms with van der Waals surface area (Å²) < 4.78 is 25.4. The van der Waals surface area contributed by atoms with Gasteiger partial charge in [-0.25, -0.2) is 13.1 Å². The lowest BCUT2D eigenvalue weighted by molar-refractivity contribution is 0.584. The molecule has 0 spiro atoms. The standard InChI is InChI=1S/C8H11ClN2O2S/c9-4-5-11-14(12,13)8-3-1-2-7(10)6-8/h1-3,6,11H,4-5,10H2. The molecule has 6 heteroatoms. The summed E-state index contributed by atoms with van der Waals surface area (Å²) in [4.78, 5) is 0.155. The zero-order valence-corrected chi connectivity index (χ0v) is 8.98. The summed E-state index contributed by atoms with van der Waals surface area (Å²) in [5, 5.41) is 0. The van der Waals surface area contributed by atoms with Crippen molar-refractivity contribution in [2.75, 3.05) is 18.2 Å². The molecule has 4 nitrogen and oxygen atoms in total. The van der Waals surface area contributed by atoms with Crippen LogP contribution in [0.2, 0.25) is 0 Å². The maximum absolute atomic E-state index is 11.5. The SMILES string of the molecule is Nc1cccc(S(=O)(=O)NCCCl)c1. The van der Waals surface area contributed by atoms with Gasteiger partial charge in [-0.15, -0.1) is 11.6 Å². The highest BCUT2D eigenvalue weighted by Gasteiger charge is 2.12. The fourth-order valence-electron chi connectivity index (χ4n) is 0.938. The Hall–Kier alpha value is -0.780. The third-order valence-electron chi connectivity index (χ3n) is 1.55. The molecule has 14 heavy (non-hydrogen) atoms. The first-order chi connectivity index (χ1) is 6.56. The molecule has 0 unspecified atom stereocenters. The van der Waals surface area contributed by atoms with Crippen LogP contribution in [0.4, 0.5) is 5.69 Å². The van der Waals surface area contributed by atoms with Crippen LogP contribution in [0, 0.1) is 0 Å². The van der Waals surface area contributed by atoms with E-state index in [1.807, 2.05) is 0 Å². The Kier molecular flexibility index (Phi) is 3.74. The lowest BCUT2D eigenvalue weighted by Crippen LogP contribution is -2.25. The number of alkyl halides is 1. The molecule has 0 radical (unpaired) electrons. The number of sulfonamides is 1. The Morgan fingerprint density at radius 2 is 2.14 bits per heavy atom. The van der Waals surface area contributed by atoms with Crippen molar-refractivity contribution in [1.82, 2.24) is 4.72 Å². The summed E-state index contributed by atoms with van der Waals surface area (Å²) in [6.45, 7) is 0.207. The Balaban J connectivity index is 2.93. The summed E-state index contributed by atoms with van der Waals surface area (Å²) in [6, 6.07) is 6.09. The van der Waals surface area contributed by atoms with E-state index in [-0.39, 0.29) is 17.3 Å².